The van der Waals surface area contributed by atoms with E-state index >= 15 is 0 Å². The van der Waals surface area contributed by atoms with E-state index in [0.29, 0.717) is 0 Å². The Bertz CT molecular complexity index is 469. The Morgan fingerprint density at radius 1 is 1.53 bits per heavy atom. The van der Waals surface area contributed by atoms with Crippen LogP contribution in [-0.2, 0) is 11.3 Å². The molecule has 1 aromatic rings. The highest BCUT2D eigenvalue weighted by Gasteiger charge is 2.46. The van der Waals surface area contributed by atoms with Crippen LogP contribution in [0.4, 0.5) is 0 Å². The zero-order valence-corrected chi connectivity index (χ0v) is 12.8. The van der Waals surface area contributed by atoms with E-state index in [2.05, 4.69) is 31.7 Å². The second kappa shape index (κ2) is 5.63. The maximum atomic E-state index is 11.8. The Balaban J connectivity index is 2.22. The van der Waals surface area contributed by atoms with Gasteiger partial charge in [0.2, 0.25) is 0 Å². The molecule has 1 N–H and O–H groups in total. The summed E-state index contributed by atoms with van der Waals surface area (Å²) in [6.07, 6.45) is 3.46. The van der Waals surface area contributed by atoms with Crippen molar-refractivity contribution in [3.8, 4) is 0 Å². The van der Waals surface area contributed by atoms with E-state index in [1.165, 1.54) is 15.3 Å². The summed E-state index contributed by atoms with van der Waals surface area (Å²) in [5, 5.41) is 9.68. The molecule has 3 nitrogen and oxygen atoms in total. The van der Waals surface area contributed by atoms with Gasteiger partial charge in [-0.15, -0.1) is 11.3 Å². The quantitative estimate of drug-likeness (QED) is 0.896. The maximum Gasteiger partial charge on any atom is 0.324 e. The van der Waals surface area contributed by atoms with Crippen LogP contribution in [0.3, 0.4) is 0 Å². The average molecular weight is 281 g/mol. The van der Waals surface area contributed by atoms with Crippen molar-refractivity contribution >= 4 is 17.3 Å². The lowest BCUT2D eigenvalue weighted by atomic mass is 9.90. The van der Waals surface area contributed by atoms with Gasteiger partial charge in [-0.2, -0.15) is 0 Å². The molecule has 0 saturated carbocycles. The van der Waals surface area contributed by atoms with Crippen molar-refractivity contribution in [2.75, 3.05) is 6.54 Å². The third kappa shape index (κ3) is 2.70. The van der Waals surface area contributed by atoms with Crippen LogP contribution in [0.25, 0.3) is 0 Å². The Morgan fingerprint density at radius 2 is 2.26 bits per heavy atom. The molecule has 1 unspecified atom stereocenters. The summed E-state index contributed by atoms with van der Waals surface area (Å²) in [5.74, 6) is -0.642. The van der Waals surface area contributed by atoms with E-state index in [0.717, 1.165) is 38.8 Å². The third-order valence-corrected chi connectivity index (χ3v) is 5.20. The number of hydrogen-bond donors (Lipinski definition) is 1. The number of carbonyl (C=O) groups is 1. The van der Waals surface area contributed by atoms with E-state index in [4.69, 9.17) is 0 Å². The van der Waals surface area contributed by atoms with Crippen molar-refractivity contribution in [3.05, 3.63) is 21.4 Å². The fourth-order valence-corrected chi connectivity index (χ4v) is 4.20. The predicted octanol–water partition coefficient (Wildman–Crippen LogP) is 3.58. The molecule has 4 heteroatoms. The number of carboxylic acids is 1. The van der Waals surface area contributed by atoms with E-state index in [9.17, 15) is 9.90 Å². The summed E-state index contributed by atoms with van der Waals surface area (Å²) >= 11 is 1.80. The summed E-state index contributed by atoms with van der Waals surface area (Å²) in [6.45, 7) is 8.00. The summed E-state index contributed by atoms with van der Waals surface area (Å²) in [4.78, 5) is 16.6. The van der Waals surface area contributed by atoms with Gasteiger partial charge in [-0.25, -0.2) is 0 Å². The standard InChI is InChI=1S/C15H23NO2S/c1-4-6-15(14(17)18)7-5-8-16(15)10-13-9-11(2)19-12(13)3/h9H,4-8,10H2,1-3H3,(H,17,18). The van der Waals surface area contributed by atoms with Crippen molar-refractivity contribution in [2.45, 2.75) is 58.5 Å². The highest BCUT2D eigenvalue weighted by atomic mass is 32.1. The molecule has 0 bridgehead atoms. The number of carboxylic acid groups (broad SMARTS) is 1. The Labute approximate surface area is 119 Å². The van der Waals surface area contributed by atoms with Crippen molar-refractivity contribution in [3.63, 3.8) is 0 Å². The molecule has 1 atom stereocenters. The van der Waals surface area contributed by atoms with Crippen LogP contribution in [0, 0.1) is 13.8 Å². The van der Waals surface area contributed by atoms with Crippen molar-refractivity contribution in [1.82, 2.24) is 4.90 Å². The molecule has 1 aliphatic rings. The van der Waals surface area contributed by atoms with Crippen LogP contribution >= 0.6 is 11.3 Å². The molecule has 2 heterocycles. The lowest BCUT2D eigenvalue weighted by Gasteiger charge is -2.34. The molecule has 0 aromatic carbocycles. The van der Waals surface area contributed by atoms with Gasteiger partial charge in [-0.1, -0.05) is 13.3 Å². The Kier molecular flexibility index (Phi) is 4.31. The topological polar surface area (TPSA) is 40.5 Å². The monoisotopic (exact) mass is 281 g/mol. The van der Waals surface area contributed by atoms with E-state index in [1.54, 1.807) is 11.3 Å². The first-order chi connectivity index (χ1) is 8.99. The normalized spacial score (nSPS) is 23.9. The van der Waals surface area contributed by atoms with Gasteiger partial charge in [0.15, 0.2) is 0 Å². The minimum absolute atomic E-state index is 0.628. The number of nitrogens with zero attached hydrogens (tertiary/aromatic N) is 1. The number of aliphatic carboxylic acids is 1. The van der Waals surface area contributed by atoms with Gasteiger partial charge >= 0.3 is 5.97 Å². The van der Waals surface area contributed by atoms with E-state index in [-0.39, 0.29) is 0 Å². The molecular weight excluding hydrogens is 258 g/mol. The molecule has 19 heavy (non-hydrogen) atoms. The van der Waals surface area contributed by atoms with Gasteiger partial charge in [0, 0.05) is 16.3 Å². The van der Waals surface area contributed by atoms with Gasteiger partial charge in [-0.3, -0.25) is 9.69 Å². The van der Waals surface area contributed by atoms with Crippen molar-refractivity contribution in [2.24, 2.45) is 0 Å². The number of rotatable bonds is 5. The van der Waals surface area contributed by atoms with Gasteiger partial charge < -0.3 is 5.11 Å². The van der Waals surface area contributed by atoms with Crippen LogP contribution < -0.4 is 0 Å². The molecule has 1 aromatic heterocycles. The highest BCUT2D eigenvalue weighted by Crippen LogP contribution is 2.36. The van der Waals surface area contributed by atoms with Gasteiger partial charge in [0.1, 0.15) is 5.54 Å². The summed E-state index contributed by atoms with van der Waals surface area (Å²) in [6, 6.07) is 2.21. The van der Waals surface area contributed by atoms with Crippen LogP contribution in [-0.4, -0.2) is 28.1 Å². The summed E-state index contributed by atoms with van der Waals surface area (Å²) < 4.78 is 0. The van der Waals surface area contributed by atoms with E-state index in [1.807, 2.05) is 0 Å². The molecule has 0 radical (unpaired) electrons. The SMILES string of the molecule is CCCC1(C(=O)O)CCCN1Cc1cc(C)sc1C. The lowest BCUT2D eigenvalue weighted by Crippen LogP contribution is -2.50. The molecule has 0 amide bonds. The number of aryl methyl sites for hydroxylation is 2. The minimum atomic E-state index is -0.642. The maximum absolute atomic E-state index is 11.8. The second-order valence-corrected chi connectivity index (χ2v) is 7.01. The zero-order chi connectivity index (χ0) is 14.0. The van der Waals surface area contributed by atoms with Crippen LogP contribution in [0.15, 0.2) is 6.07 Å². The number of hydrogen-bond acceptors (Lipinski definition) is 3. The minimum Gasteiger partial charge on any atom is -0.480 e. The first-order valence-corrected chi connectivity index (χ1v) is 7.85. The summed E-state index contributed by atoms with van der Waals surface area (Å²) in [7, 11) is 0. The Morgan fingerprint density at radius 3 is 2.79 bits per heavy atom. The zero-order valence-electron chi connectivity index (χ0n) is 12.0. The molecular formula is C15H23NO2S. The fraction of sp³-hybridized carbons (Fsp3) is 0.667. The molecule has 2 rings (SSSR count). The smallest absolute Gasteiger partial charge is 0.324 e. The largest absolute Gasteiger partial charge is 0.480 e. The molecule has 106 valence electrons. The van der Waals surface area contributed by atoms with Gasteiger partial charge in [0.05, 0.1) is 0 Å². The van der Waals surface area contributed by atoms with Gasteiger partial charge in [0.25, 0.3) is 0 Å². The highest BCUT2D eigenvalue weighted by molar-refractivity contribution is 7.12. The fourth-order valence-electron chi connectivity index (χ4n) is 3.26. The second-order valence-electron chi connectivity index (χ2n) is 5.55. The molecule has 1 fully saturated rings. The van der Waals surface area contributed by atoms with E-state index < -0.39 is 11.5 Å². The molecule has 0 aliphatic carbocycles. The predicted molar refractivity (Wildman–Crippen MR) is 78.7 cm³/mol. The first kappa shape index (κ1) is 14.5. The van der Waals surface area contributed by atoms with Crippen LogP contribution in [0.1, 0.15) is 47.9 Å². The Hall–Kier alpha value is -0.870. The average Bonchev–Trinajstić information content (AvgIpc) is 2.86. The summed E-state index contributed by atoms with van der Waals surface area (Å²) in [5.41, 5.74) is 0.669. The number of likely N-dealkylation sites (tertiary alicyclic amines) is 1. The first-order valence-electron chi connectivity index (χ1n) is 7.04. The third-order valence-electron chi connectivity index (χ3n) is 4.19. The molecule has 1 aliphatic heterocycles. The van der Waals surface area contributed by atoms with Crippen molar-refractivity contribution < 1.29 is 9.90 Å². The molecule has 1 saturated heterocycles. The lowest BCUT2D eigenvalue weighted by molar-refractivity contribution is -0.150. The number of thiophene rings is 1. The molecule has 0 spiro atoms. The van der Waals surface area contributed by atoms with Crippen LogP contribution in [0.2, 0.25) is 0 Å². The van der Waals surface area contributed by atoms with Crippen LogP contribution in [0.5, 0.6) is 0 Å². The van der Waals surface area contributed by atoms with Crippen molar-refractivity contribution in [1.29, 1.82) is 0 Å². The van der Waals surface area contributed by atoms with Gasteiger partial charge in [-0.05, 0) is 51.3 Å².